The van der Waals surface area contributed by atoms with Crippen molar-refractivity contribution in [1.29, 1.82) is 0 Å². The molecule has 0 unspecified atom stereocenters. The third-order valence-corrected chi connectivity index (χ3v) is 6.74. The van der Waals surface area contributed by atoms with Crippen LogP contribution in [0.4, 0.5) is 11.4 Å². The second-order valence-corrected chi connectivity index (χ2v) is 9.04. The first-order chi connectivity index (χ1) is 14.2. The van der Waals surface area contributed by atoms with Crippen LogP contribution in [0.1, 0.15) is 43.4 Å². The summed E-state index contributed by atoms with van der Waals surface area (Å²) in [4.78, 5) is 25.5. The van der Waals surface area contributed by atoms with E-state index in [-0.39, 0.29) is 16.7 Å². The van der Waals surface area contributed by atoms with Gasteiger partial charge in [-0.05, 0) is 60.4 Å². The van der Waals surface area contributed by atoms with E-state index in [0.29, 0.717) is 42.9 Å². The lowest BCUT2D eigenvalue weighted by atomic mass is 9.99. The number of benzene rings is 2. The number of anilines is 2. The van der Waals surface area contributed by atoms with Gasteiger partial charge in [-0.1, -0.05) is 19.9 Å². The first-order valence-corrected chi connectivity index (χ1v) is 11.5. The molecule has 2 aromatic rings. The molecule has 1 heterocycles. The van der Waals surface area contributed by atoms with E-state index < -0.39 is 10.0 Å². The lowest BCUT2D eigenvalue weighted by Gasteiger charge is -2.29. The third-order valence-electron chi connectivity index (χ3n) is 5.20. The largest absolute Gasteiger partial charge is 0.338 e. The number of carbonyl (C=O) groups excluding carboxylic acids is 2. The van der Waals surface area contributed by atoms with Gasteiger partial charge in [-0.3, -0.25) is 14.3 Å². The number of sulfonamides is 1. The molecule has 3 rings (SSSR count). The monoisotopic (exact) mass is 429 g/mol. The van der Waals surface area contributed by atoms with Gasteiger partial charge in [-0.25, -0.2) is 8.42 Å². The molecule has 2 aromatic carbocycles. The van der Waals surface area contributed by atoms with Gasteiger partial charge in [-0.2, -0.15) is 0 Å². The molecule has 1 aliphatic rings. The molecule has 0 aromatic heterocycles. The van der Waals surface area contributed by atoms with Gasteiger partial charge in [0.2, 0.25) is 11.8 Å². The maximum absolute atomic E-state index is 12.9. The smallest absolute Gasteiger partial charge is 0.262 e. The highest BCUT2D eigenvalue weighted by molar-refractivity contribution is 7.92. The Balaban J connectivity index is 1.81. The Labute approximate surface area is 177 Å². The number of hydrogen-bond donors (Lipinski definition) is 2. The van der Waals surface area contributed by atoms with Crippen LogP contribution in [0.3, 0.4) is 0 Å². The molecular weight excluding hydrogens is 402 g/mol. The maximum atomic E-state index is 12.9. The van der Waals surface area contributed by atoms with Crippen LogP contribution in [0.5, 0.6) is 0 Å². The minimum Gasteiger partial charge on any atom is -0.338 e. The Bertz CT molecular complexity index is 1080. The lowest BCUT2D eigenvalue weighted by Crippen LogP contribution is -2.35. The minimum atomic E-state index is -3.80. The highest BCUT2D eigenvalue weighted by Gasteiger charge is 2.22. The zero-order chi connectivity index (χ0) is 21.9. The predicted octanol–water partition coefficient (Wildman–Crippen LogP) is 3.44. The van der Waals surface area contributed by atoms with Crippen LogP contribution in [0.2, 0.25) is 0 Å². The molecule has 0 fully saturated rings. The van der Waals surface area contributed by atoms with Crippen LogP contribution in [-0.4, -0.2) is 31.7 Å². The van der Waals surface area contributed by atoms with E-state index in [0.717, 1.165) is 17.5 Å². The van der Waals surface area contributed by atoms with Crippen molar-refractivity contribution in [3.05, 3.63) is 53.1 Å². The van der Waals surface area contributed by atoms with Gasteiger partial charge in [0, 0.05) is 37.3 Å². The second kappa shape index (κ2) is 8.87. The maximum Gasteiger partial charge on any atom is 0.262 e. The van der Waals surface area contributed by atoms with Gasteiger partial charge in [0.15, 0.2) is 0 Å². The Morgan fingerprint density at radius 2 is 1.73 bits per heavy atom. The predicted molar refractivity (Wildman–Crippen MR) is 117 cm³/mol. The summed E-state index contributed by atoms with van der Waals surface area (Å²) >= 11 is 0. The molecule has 2 amide bonds. The van der Waals surface area contributed by atoms with Crippen molar-refractivity contribution in [3.63, 3.8) is 0 Å². The number of hydrogen-bond acceptors (Lipinski definition) is 4. The summed E-state index contributed by atoms with van der Waals surface area (Å²) in [7, 11) is -3.80. The molecule has 0 saturated heterocycles. The number of rotatable bonds is 6. The number of nitrogens with one attached hydrogen (secondary N) is 2. The summed E-state index contributed by atoms with van der Waals surface area (Å²) < 4.78 is 28.5. The average Bonchev–Trinajstić information content (AvgIpc) is 2.72. The molecule has 8 heteroatoms. The number of nitrogens with zero attached hydrogens (tertiary/aromatic N) is 1. The lowest BCUT2D eigenvalue weighted by molar-refractivity contribution is -0.131. The van der Waals surface area contributed by atoms with Crippen LogP contribution >= 0.6 is 0 Å². The fourth-order valence-corrected chi connectivity index (χ4v) is 4.82. The fourth-order valence-electron chi connectivity index (χ4n) is 3.55. The molecule has 30 heavy (non-hydrogen) atoms. The van der Waals surface area contributed by atoms with Crippen molar-refractivity contribution in [2.75, 3.05) is 16.6 Å². The van der Waals surface area contributed by atoms with Crippen LogP contribution < -0.4 is 10.0 Å². The van der Waals surface area contributed by atoms with E-state index >= 15 is 0 Å². The molecule has 0 spiro atoms. The molecule has 0 bridgehead atoms. The van der Waals surface area contributed by atoms with E-state index in [2.05, 4.69) is 10.0 Å². The van der Waals surface area contributed by atoms with Crippen molar-refractivity contribution < 1.29 is 18.0 Å². The number of carbonyl (C=O) groups is 2. The molecule has 0 saturated carbocycles. The topological polar surface area (TPSA) is 95.6 Å². The van der Waals surface area contributed by atoms with Gasteiger partial charge in [0.25, 0.3) is 10.0 Å². The van der Waals surface area contributed by atoms with Crippen LogP contribution in [-0.2, 0) is 32.6 Å². The van der Waals surface area contributed by atoms with E-state index in [4.69, 9.17) is 0 Å². The zero-order valence-corrected chi connectivity index (χ0v) is 18.3. The zero-order valence-electron chi connectivity index (χ0n) is 17.5. The molecule has 160 valence electrons. The molecule has 2 N–H and O–H groups in total. The Hall–Kier alpha value is -2.87. The van der Waals surface area contributed by atoms with Gasteiger partial charge in [0.05, 0.1) is 4.90 Å². The Morgan fingerprint density at radius 3 is 2.40 bits per heavy atom. The summed E-state index contributed by atoms with van der Waals surface area (Å²) in [5.41, 5.74) is 3.65. The van der Waals surface area contributed by atoms with E-state index in [9.17, 15) is 18.0 Å². The molecule has 0 atom stereocenters. The third kappa shape index (κ3) is 4.81. The SMILES string of the molecule is CCC(=O)Nc1ccc(S(=O)(=O)Nc2ccc3c(c2)CN(C(=O)CC)CC3)c(C)c1. The van der Waals surface area contributed by atoms with E-state index in [1.165, 1.54) is 6.07 Å². The molecular formula is C22H27N3O4S. The molecule has 1 aliphatic heterocycles. The summed E-state index contributed by atoms with van der Waals surface area (Å²) in [6.07, 6.45) is 1.56. The van der Waals surface area contributed by atoms with Gasteiger partial charge in [-0.15, -0.1) is 0 Å². The summed E-state index contributed by atoms with van der Waals surface area (Å²) in [6.45, 7) is 6.45. The number of fused-ring (bicyclic) bond motifs is 1. The standard InChI is InChI=1S/C22H27N3O4S/c1-4-21(26)23-18-8-9-20(15(3)12-18)30(28,29)24-19-7-6-16-10-11-25(22(27)5-2)14-17(16)13-19/h6-9,12-13,24H,4-5,10-11,14H2,1-3H3,(H,23,26). The quantitative estimate of drug-likeness (QED) is 0.735. The van der Waals surface area contributed by atoms with Crippen LogP contribution in [0.15, 0.2) is 41.3 Å². The van der Waals surface area contributed by atoms with Crippen LogP contribution in [0.25, 0.3) is 0 Å². The van der Waals surface area contributed by atoms with Crippen molar-refractivity contribution in [2.24, 2.45) is 0 Å². The number of aryl methyl sites for hydroxylation is 1. The first kappa shape index (κ1) is 21.8. The summed E-state index contributed by atoms with van der Waals surface area (Å²) in [6, 6.07) is 10.2. The van der Waals surface area contributed by atoms with E-state index in [1.54, 1.807) is 43.0 Å². The molecule has 0 radical (unpaired) electrons. The first-order valence-electron chi connectivity index (χ1n) is 10.1. The normalized spacial score (nSPS) is 13.5. The molecule has 7 nitrogen and oxygen atoms in total. The highest BCUT2D eigenvalue weighted by atomic mass is 32.2. The summed E-state index contributed by atoms with van der Waals surface area (Å²) in [5, 5.41) is 2.73. The van der Waals surface area contributed by atoms with Crippen molar-refractivity contribution in [2.45, 2.75) is 51.5 Å². The highest BCUT2D eigenvalue weighted by Crippen LogP contribution is 2.26. The summed E-state index contributed by atoms with van der Waals surface area (Å²) in [5.74, 6) is -0.0368. The van der Waals surface area contributed by atoms with E-state index in [1.807, 2.05) is 13.0 Å². The average molecular weight is 430 g/mol. The van der Waals surface area contributed by atoms with Crippen LogP contribution in [0, 0.1) is 6.92 Å². The van der Waals surface area contributed by atoms with Crippen molar-refractivity contribution >= 4 is 33.2 Å². The molecule has 0 aliphatic carbocycles. The van der Waals surface area contributed by atoms with Crippen molar-refractivity contribution in [3.8, 4) is 0 Å². The van der Waals surface area contributed by atoms with Crippen molar-refractivity contribution in [1.82, 2.24) is 4.90 Å². The fraction of sp³-hybridized carbons (Fsp3) is 0.364. The van der Waals surface area contributed by atoms with Gasteiger partial charge in [0.1, 0.15) is 0 Å². The number of amides is 2. The second-order valence-electron chi connectivity index (χ2n) is 7.39. The van der Waals surface area contributed by atoms with Gasteiger partial charge < -0.3 is 10.2 Å². The minimum absolute atomic E-state index is 0.0949. The Morgan fingerprint density at radius 1 is 1.00 bits per heavy atom. The Kier molecular flexibility index (Phi) is 6.45. The van der Waals surface area contributed by atoms with Gasteiger partial charge >= 0.3 is 0 Å².